The predicted octanol–water partition coefficient (Wildman–Crippen LogP) is 6.09. The van der Waals surface area contributed by atoms with E-state index in [2.05, 4.69) is 109 Å². The van der Waals surface area contributed by atoms with Crippen LogP contribution in [-0.4, -0.2) is 14.8 Å². The molecule has 0 N–H and O–H groups in total. The minimum atomic E-state index is -0.666. The second-order valence-corrected chi connectivity index (χ2v) is 7.67. The minimum absolute atomic E-state index is 0.666. The van der Waals surface area contributed by atoms with Crippen LogP contribution in [0.2, 0.25) is 0 Å². The Morgan fingerprint density at radius 3 is 1.48 bits per heavy atom. The van der Waals surface area contributed by atoms with Crippen molar-refractivity contribution >= 4 is 0 Å². The van der Waals surface area contributed by atoms with Gasteiger partial charge in [0, 0.05) is 5.56 Å². The van der Waals surface area contributed by atoms with Crippen LogP contribution in [0.3, 0.4) is 0 Å². The lowest BCUT2D eigenvalue weighted by molar-refractivity contribution is 0.464. The fourth-order valence-corrected chi connectivity index (χ4v) is 4.29. The Morgan fingerprint density at radius 1 is 0.581 bits per heavy atom. The molecule has 0 atom stereocenters. The van der Waals surface area contributed by atoms with Gasteiger partial charge in [-0.25, -0.2) is 9.67 Å². The molecule has 150 valence electrons. The molecule has 31 heavy (non-hydrogen) atoms. The molecule has 0 fully saturated rings. The highest BCUT2D eigenvalue weighted by Crippen LogP contribution is 2.42. The second-order valence-electron chi connectivity index (χ2n) is 7.67. The highest BCUT2D eigenvalue weighted by molar-refractivity contribution is 5.60. The summed E-state index contributed by atoms with van der Waals surface area (Å²) in [6, 6.07) is 40.1. The molecule has 0 aliphatic carbocycles. The van der Waals surface area contributed by atoms with E-state index in [0.717, 1.165) is 28.1 Å². The van der Waals surface area contributed by atoms with E-state index in [1.807, 2.05) is 18.2 Å². The van der Waals surface area contributed by atoms with Gasteiger partial charge in [-0.1, -0.05) is 121 Å². The first-order chi connectivity index (χ1) is 15.3. The van der Waals surface area contributed by atoms with Crippen molar-refractivity contribution in [1.29, 1.82) is 0 Å². The molecule has 3 nitrogen and oxygen atoms in total. The van der Waals surface area contributed by atoms with Gasteiger partial charge in [-0.15, -0.1) is 0 Å². The Kier molecular flexibility index (Phi) is 4.93. The standard InChI is InChI=1S/C28H23N3/c1-22-17-19-23(20-18-22)27-29-21-30-31(27)28(24-11-5-2-6-12-24,25-13-7-3-8-14-25)26-15-9-4-10-16-26/h2-21H,1H3. The highest BCUT2D eigenvalue weighted by atomic mass is 15.4. The smallest absolute Gasteiger partial charge is 0.159 e. The summed E-state index contributed by atoms with van der Waals surface area (Å²) in [5.74, 6) is 0.830. The zero-order valence-corrected chi connectivity index (χ0v) is 17.4. The van der Waals surface area contributed by atoms with Crippen LogP contribution in [-0.2, 0) is 5.54 Å². The molecule has 0 aliphatic heterocycles. The van der Waals surface area contributed by atoms with Gasteiger partial charge < -0.3 is 0 Å². The van der Waals surface area contributed by atoms with Crippen molar-refractivity contribution in [2.75, 3.05) is 0 Å². The van der Waals surface area contributed by atoms with E-state index >= 15 is 0 Å². The van der Waals surface area contributed by atoms with Crippen LogP contribution in [0, 0.1) is 6.92 Å². The number of benzene rings is 4. The molecule has 5 rings (SSSR count). The van der Waals surface area contributed by atoms with E-state index in [0.29, 0.717) is 0 Å². The van der Waals surface area contributed by atoms with Crippen LogP contribution in [0.5, 0.6) is 0 Å². The monoisotopic (exact) mass is 401 g/mol. The Labute approximate surface area is 182 Å². The summed E-state index contributed by atoms with van der Waals surface area (Å²) < 4.78 is 2.07. The number of rotatable bonds is 5. The van der Waals surface area contributed by atoms with Crippen LogP contribution in [0.15, 0.2) is 122 Å². The maximum absolute atomic E-state index is 4.82. The first-order valence-electron chi connectivity index (χ1n) is 10.4. The van der Waals surface area contributed by atoms with Crippen molar-refractivity contribution in [2.45, 2.75) is 12.5 Å². The topological polar surface area (TPSA) is 30.7 Å². The first kappa shape index (κ1) is 19.0. The zero-order chi connectivity index (χ0) is 21.1. The summed E-state index contributed by atoms with van der Waals surface area (Å²) in [6.07, 6.45) is 1.65. The average molecular weight is 402 g/mol. The largest absolute Gasteiger partial charge is 0.226 e. The zero-order valence-electron chi connectivity index (χ0n) is 17.4. The second kappa shape index (κ2) is 8.04. The normalized spacial score (nSPS) is 11.4. The van der Waals surface area contributed by atoms with Crippen molar-refractivity contribution in [3.63, 3.8) is 0 Å². The molecule has 0 bridgehead atoms. The van der Waals surface area contributed by atoms with Crippen molar-refractivity contribution in [3.05, 3.63) is 144 Å². The van der Waals surface area contributed by atoms with Gasteiger partial charge in [-0.2, -0.15) is 5.10 Å². The number of hydrogen-bond acceptors (Lipinski definition) is 2. The molecule has 0 saturated heterocycles. The van der Waals surface area contributed by atoms with Crippen LogP contribution in [0.1, 0.15) is 22.3 Å². The molecule has 3 heteroatoms. The van der Waals surface area contributed by atoms with Gasteiger partial charge in [0.15, 0.2) is 5.82 Å². The molecule has 5 aromatic rings. The summed E-state index contributed by atoms with van der Waals surface area (Å²) in [5.41, 5.74) is 4.98. The van der Waals surface area contributed by atoms with Crippen LogP contribution < -0.4 is 0 Å². The quantitative estimate of drug-likeness (QED) is 0.334. The lowest BCUT2D eigenvalue weighted by atomic mass is 9.77. The average Bonchev–Trinajstić information content (AvgIpc) is 3.32. The van der Waals surface area contributed by atoms with Gasteiger partial charge in [0.2, 0.25) is 0 Å². The van der Waals surface area contributed by atoms with Crippen molar-refractivity contribution < 1.29 is 0 Å². The van der Waals surface area contributed by atoms with Crippen LogP contribution in [0.4, 0.5) is 0 Å². The first-order valence-corrected chi connectivity index (χ1v) is 10.4. The predicted molar refractivity (Wildman–Crippen MR) is 125 cm³/mol. The summed E-state index contributed by atoms with van der Waals surface area (Å²) in [7, 11) is 0. The van der Waals surface area contributed by atoms with Crippen LogP contribution in [0.25, 0.3) is 11.4 Å². The van der Waals surface area contributed by atoms with Gasteiger partial charge in [0.25, 0.3) is 0 Å². The molecular weight excluding hydrogens is 378 g/mol. The molecule has 0 amide bonds. The summed E-state index contributed by atoms with van der Waals surface area (Å²) in [6.45, 7) is 2.09. The number of aryl methyl sites for hydroxylation is 1. The van der Waals surface area contributed by atoms with E-state index in [1.54, 1.807) is 6.33 Å². The third kappa shape index (κ3) is 3.24. The minimum Gasteiger partial charge on any atom is -0.226 e. The van der Waals surface area contributed by atoms with Crippen molar-refractivity contribution in [1.82, 2.24) is 14.8 Å². The molecule has 1 heterocycles. The Hall–Kier alpha value is -3.98. The molecule has 4 aromatic carbocycles. The van der Waals surface area contributed by atoms with Gasteiger partial charge in [0.05, 0.1) is 0 Å². The molecule has 0 aliphatic rings. The number of aromatic nitrogens is 3. The fraction of sp³-hybridized carbons (Fsp3) is 0.0714. The molecule has 0 unspecified atom stereocenters. The third-order valence-corrected chi connectivity index (χ3v) is 5.75. The molecule has 0 saturated carbocycles. The van der Waals surface area contributed by atoms with Crippen molar-refractivity contribution in [2.24, 2.45) is 0 Å². The van der Waals surface area contributed by atoms with E-state index in [4.69, 9.17) is 10.1 Å². The van der Waals surface area contributed by atoms with Gasteiger partial charge >= 0.3 is 0 Å². The summed E-state index contributed by atoms with van der Waals surface area (Å²) in [5, 5.41) is 4.82. The molecule has 1 aromatic heterocycles. The Morgan fingerprint density at radius 2 is 1.03 bits per heavy atom. The Balaban J connectivity index is 1.89. The number of hydrogen-bond donors (Lipinski definition) is 0. The maximum Gasteiger partial charge on any atom is 0.159 e. The summed E-state index contributed by atoms with van der Waals surface area (Å²) >= 11 is 0. The maximum atomic E-state index is 4.82. The lowest BCUT2D eigenvalue weighted by Gasteiger charge is -2.37. The van der Waals surface area contributed by atoms with Gasteiger partial charge in [0.1, 0.15) is 11.9 Å². The molecular formula is C28H23N3. The van der Waals surface area contributed by atoms with E-state index in [-0.39, 0.29) is 0 Å². The Bertz CT molecular complexity index is 1160. The molecule has 0 radical (unpaired) electrons. The fourth-order valence-electron chi connectivity index (χ4n) is 4.29. The van der Waals surface area contributed by atoms with Gasteiger partial charge in [-0.3, -0.25) is 0 Å². The van der Waals surface area contributed by atoms with E-state index in [1.165, 1.54) is 5.56 Å². The third-order valence-electron chi connectivity index (χ3n) is 5.75. The SMILES string of the molecule is Cc1ccc(-c2ncnn2C(c2ccccc2)(c2ccccc2)c2ccccc2)cc1. The van der Waals surface area contributed by atoms with Crippen LogP contribution >= 0.6 is 0 Å². The number of nitrogens with zero attached hydrogens (tertiary/aromatic N) is 3. The highest BCUT2D eigenvalue weighted by Gasteiger charge is 2.41. The van der Waals surface area contributed by atoms with E-state index in [9.17, 15) is 0 Å². The van der Waals surface area contributed by atoms with E-state index < -0.39 is 5.54 Å². The molecule has 0 spiro atoms. The summed E-state index contributed by atoms with van der Waals surface area (Å²) in [4.78, 5) is 4.71. The van der Waals surface area contributed by atoms with Gasteiger partial charge in [-0.05, 0) is 23.6 Å². The lowest BCUT2D eigenvalue weighted by Crippen LogP contribution is -2.39. The van der Waals surface area contributed by atoms with Crippen molar-refractivity contribution in [3.8, 4) is 11.4 Å².